The van der Waals surface area contributed by atoms with E-state index in [1.807, 2.05) is 6.07 Å². The first-order chi connectivity index (χ1) is 14.3. The largest absolute Gasteiger partial charge is 0.355 e. The van der Waals surface area contributed by atoms with Crippen LogP contribution in [-0.2, 0) is 14.8 Å². The molecule has 0 aromatic heterocycles. The SMILES string of the molecule is O=C(Nc1ccccc1)N1CCC2(OCCN2S(=O)(=O)c2cccc(F)c2)C(F)C1. The predicted molar refractivity (Wildman–Crippen MR) is 106 cm³/mol. The molecule has 2 heterocycles. The molecule has 2 aliphatic heterocycles. The van der Waals surface area contributed by atoms with Crippen molar-refractivity contribution < 1.29 is 26.7 Å². The molecule has 0 aliphatic carbocycles. The maximum absolute atomic E-state index is 15.3. The van der Waals surface area contributed by atoms with Crippen molar-refractivity contribution in [3.8, 4) is 0 Å². The number of anilines is 1. The van der Waals surface area contributed by atoms with Crippen LogP contribution in [-0.4, -0.2) is 61.8 Å². The fourth-order valence-electron chi connectivity index (χ4n) is 3.88. The molecule has 0 radical (unpaired) electrons. The lowest BCUT2D eigenvalue weighted by molar-refractivity contribution is -0.134. The number of rotatable bonds is 3. The Labute approximate surface area is 173 Å². The van der Waals surface area contributed by atoms with Crippen molar-refractivity contribution in [2.45, 2.75) is 23.2 Å². The van der Waals surface area contributed by atoms with Crippen LogP contribution in [0, 0.1) is 5.82 Å². The van der Waals surface area contributed by atoms with Gasteiger partial charge in [-0.05, 0) is 30.3 Å². The van der Waals surface area contributed by atoms with Gasteiger partial charge in [-0.15, -0.1) is 0 Å². The lowest BCUT2D eigenvalue weighted by atomic mass is 9.99. The third-order valence-corrected chi connectivity index (χ3v) is 7.30. The lowest BCUT2D eigenvalue weighted by Gasteiger charge is -2.44. The first kappa shape index (κ1) is 20.7. The second kappa shape index (κ2) is 7.93. The van der Waals surface area contributed by atoms with Gasteiger partial charge in [0.1, 0.15) is 5.82 Å². The number of nitrogens with zero attached hydrogens (tertiary/aromatic N) is 2. The molecule has 2 aromatic carbocycles. The van der Waals surface area contributed by atoms with Crippen LogP contribution >= 0.6 is 0 Å². The lowest BCUT2D eigenvalue weighted by Crippen LogP contribution is -2.63. The Morgan fingerprint density at radius 1 is 1.13 bits per heavy atom. The summed E-state index contributed by atoms with van der Waals surface area (Å²) in [6.07, 6.45) is -1.80. The number of sulfonamides is 1. The second-order valence-corrected chi connectivity index (χ2v) is 9.05. The fourth-order valence-corrected chi connectivity index (χ4v) is 5.62. The van der Waals surface area contributed by atoms with E-state index < -0.39 is 33.8 Å². The molecule has 2 aliphatic rings. The standard InChI is InChI=1S/C20H21F2N3O4S/c21-15-5-4-8-17(13-15)30(27,28)25-11-12-29-20(25)9-10-24(14-18(20)22)19(26)23-16-6-2-1-3-7-16/h1-8,13,18H,9-12,14H2,(H,23,26). The zero-order chi connectivity index (χ0) is 21.4. The molecule has 7 nitrogen and oxygen atoms in total. The summed E-state index contributed by atoms with van der Waals surface area (Å²) >= 11 is 0. The number of carbonyl (C=O) groups excluding carboxylic acids is 1. The van der Waals surface area contributed by atoms with Gasteiger partial charge in [0.2, 0.25) is 10.0 Å². The summed E-state index contributed by atoms with van der Waals surface area (Å²) in [5, 5.41) is 2.69. The van der Waals surface area contributed by atoms with E-state index in [1.165, 1.54) is 17.0 Å². The minimum Gasteiger partial charge on any atom is -0.355 e. The molecule has 2 saturated heterocycles. The number of carbonyl (C=O) groups is 1. The zero-order valence-corrected chi connectivity index (χ0v) is 16.8. The van der Waals surface area contributed by atoms with Gasteiger partial charge >= 0.3 is 6.03 Å². The van der Waals surface area contributed by atoms with Crippen molar-refractivity contribution in [1.82, 2.24) is 9.21 Å². The predicted octanol–water partition coefficient (Wildman–Crippen LogP) is 2.82. The Bertz CT molecular complexity index is 1040. The Kier molecular flexibility index (Phi) is 5.48. The van der Waals surface area contributed by atoms with E-state index in [0.717, 1.165) is 16.4 Å². The number of nitrogens with one attached hydrogen (secondary N) is 1. The van der Waals surface area contributed by atoms with Gasteiger partial charge in [0, 0.05) is 25.2 Å². The van der Waals surface area contributed by atoms with Crippen molar-refractivity contribution in [2.24, 2.45) is 0 Å². The van der Waals surface area contributed by atoms with Gasteiger partial charge in [-0.1, -0.05) is 24.3 Å². The van der Waals surface area contributed by atoms with Crippen molar-refractivity contribution in [2.75, 3.05) is 31.6 Å². The van der Waals surface area contributed by atoms with E-state index in [0.29, 0.717) is 5.69 Å². The van der Waals surface area contributed by atoms with Crippen molar-refractivity contribution in [1.29, 1.82) is 0 Å². The van der Waals surface area contributed by atoms with Crippen LogP contribution in [0.3, 0.4) is 0 Å². The number of amides is 2. The summed E-state index contributed by atoms with van der Waals surface area (Å²) in [6.45, 7) is -0.247. The molecular formula is C20H21F2N3O4S. The van der Waals surface area contributed by atoms with Gasteiger partial charge in [0.15, 0.2) is 11.9 Å². The number of halogens is 2. The first-order valence-electron chi connectivity index (χ1n) is 9.50. The minimum atomic E-state index is -4.18. The molecule has 4 rings (SSSR count). The molecule has 10 heteroatoms. The van der Waals surface area contributed by atoms with Gasteiger partial charge < -0.3 is 15.0 Å². The molecule has 2 unspecified atom stereocenters. The molecule has 2 aromatic rings. The summed E-state index contributed by atoms with van der Waals surface area (Å²) in [5.74, 6) is -0.700. The fraction of sp³-hybridized carbons (Fsp3) is 0.350. The number of likely N-dealkylation sites (tertiary alicyclic amines) is 1. The van der Waals surface area contributed by atoms with Crippen molar-refractivity contribution in [3.63, 3.8) is 0 Å². The molecular weight excluding hydrogens is 416 g/mol. The monoisotopic (exact) mass is 437 g/mol. The molecule has 2 amide bonds. The maximum Gasteiger partial charge on any atom is 0.321 e. The third-order valence-electron chi connectivity index (χ3n) is 5.37. The molecule has 2 fully saturated rings. The number of hydrogen-bond acceptors (Lipinski definition) is 4. The summed E-state index contributed by atoms with van der Waals surface area (Å²) in [6, 6.07) is 12.9. The quantitative estimate of drug-likeness (QED) is 0.801. The summed E-state index contributed by atoms with van der Waals surface area (Å²) in [7, 11) is -4.18. The smallest absolute Gasteiger partial charge is 0.321 e. The number of benzene rings is 2. The third kappa shape index (κ3) is 3.66. The Morgan fingerprint density at radius 2 is 1.90 bits per heavy atom. The second-order valence-electron chi connectivity index (χ2n) is 7.19. The van der Waals surface area contributed by atoms with Crippen LogP contribution in [0.4, 0.5) is 19.3 Å². The molecule has 30 heavy (non-hydrogen) atoms. The van der Waals surface area contributed by atoms with Crippen LogP contribution < -0.4 is 5.32 Å². The highest BCUT2D eigenvalue weighted by molar-refractivity contribution is 7.89. The number of para-hydroxylation sites is 1. The van der Waals surface area contributed by atoms with Gasteiger partial charge in [-0.3, -0.25) is 0 Å². The highest BCUT2D eigenvalue weighted by Gasteiger charge is 2.57. The average Bonchev–Trinajstić information content (AvgIpc) is 3.16. The molecule has 1 spiro atoms. The highest BCUT2D eigenvalue weighted by atomic mass is 32.2. The number of hydrogen-bond donors (Lipinski definition) is 1. The van der Waals surface area contributed by atoms with Gasteiger partial charge in [-0.25, -0.2) is 22.0 Å². The van der Waals surface area contributed by atoms with E-state index >= 15 is 4.39 Å². The summed E-state index contributed by atoms with van der Waals surface area (Å²) in [4.78, 5) is 13.5. The van der Waals surface area contributed by atoms with Crippen LogP contribution in [0.15, 0.2) is 59.5 Å². The van der Waals surface area contributed by atoms with Crippen molar-refractivity contribution in [3.05, 3.63) is 60.4 Å². The minimum absolute atomic E-state index is 0.0190. The molecule has 0 bridgehead atoms. The van der Waals surface area contributed by atoms with E-state index in [1.54, 1.807) is 24.3 Å². The summed E-state index contributed by atoms with van der Waals surface area (Å²) in [5.41, 5.74) is -1.14. The van der Waals surface area contributed by atoms with Gasteiger partial charge in [0.25, 0.3) is 0 Å². The van der Waals surface area contributed by atoms with Crippen LogP contribution in [0.5, 0.6) is 0 Å². The molecule has 160 valence electrons. The molecule has 1 N–H and O–H groups in total. The van der Waals surface area contributed by atoms with Crippen LogP contribution in [0.1, 0.15) is 6.42 Å². The van der Waals surface area contributed by atoms with E-state index in [4.69, 9.17) is 4.74 Å². The average molecular weight is 437 g/mol. The van der Waals surface area contributed by atoms with E-state index in [-0.39, 0.29) is 37.6 Å². The molecule has 0 saturated carbocycles. The van der Waals surface area contributed by atoms with Gasteiger partial charge in [0.05, 0.1) is 18.0 Å². The number of ether oxygens (including phenoxy) is 1. The highest BCUT2D eigenvalue weighted by Crippen LogP contribution is 2.40. The van der Waals surface area contributed by atoms with Crippen LogP contribution in [0.2, 0.25) is 0 Å². The Morgan fingerprint density at radius 3 is 2.60 bits per heavy atom. The van der Waals surface area contributed by atoms with Crippen molar-refractivity contribution >= 4 is 21.7 Å². The zero-order valence-electron chi connectivity index (χ0n) is 16.0. The number of piperidine rings is 1. The Hall–Kier alpha value is -2.56. The van der Waals surface area contributed by atoms with Crippen LogP contribution in [0.25, 0.3) is 0 Å². The Balaban J connectivity index is 1.53. The van der Waals surface area contributed by atoms with E-state index in [2.05, 4.69) is 5.32 Å². The normalized spacial score (nSPS) is 24.9. The topological polar surface area (TPSA) is 79.0 Å². The number of alkyl halides is 1. The van der Waals surface area contributed by atoms with E-state index in [9.17, 15) is 17.6 Å². The van der Waals surface area contributed by atoms with Gasteiger partial charge in [-0.2, -0.15) is 4.31 Å². The summed E-state index contributed by atoms with van der Waals surface area (Å²) < 4.78 is 61.7. The first-order valence-corrected chi connectivity index (χ1v) is 10.9. The molecule has 2 atom stereocenters. The number of urea groups is 1. The maximum atomic E-state index is 15.3.